The van der Waals surface area contributed by atoms with Crippen LogP contribution < -0.4 is 11.1 Å². The van der Waals surface area contributed by atoms with Crippen LogP contribution in [0, 0.1) is 0 Å². The van der Waals surface area contributed by atoms with E-state index in [-0.39, 0.29) is 5.91 Å². The van der Waals surface area contributed by atoms with Crippen molar-refractivity contribution < 1.29 is 4.79 Å². The summed E-state index contributed by atoms with van der Waals surface area (Å²) < 4.78 is 0. The van der Waals surface area contributed by atoms with Gasteiger partial charge in [0.25, 0.3) is 0 Å². The number of nitrogens with two attached hydrogens (primary N) is 1. The first-order valence-electron chi connectivity index (χ1n) is 5.99. The average Bonchev–Trinajstić information content (AvgIpc) is 2.38. The van der Waals surface area contributed by atoms with E-state index in [1.54, 1.807) is 12.1 Å². The smallest absolute Gasteiger partial charge is 0.224 e. The molecule has 2 aromatic carbocycles. The number of nitrogen functional groups attached to an aromatic ring is 1. The van der Waals surface area contributed by atoms with E-state index in [1.807, 2.05) is 36.4 Å². The standard InChI is InChI=1S/C15H15ClN2O/c16-13-3-1-2-12(8-13)9-15(19)18-10-11-4-6-14(17)7-5-11/h1-8H,9-10,17H2,(H,18,19). The first-order valence-corrected chi connectivity index (χ1v) is 6.37. The lowest BCUT2D eigenvalue weighted by Crippen LogP contribution is -2.24. The number of benzene rings is 2. The van der Waals surface area contributed by atoms with Crippen molar-refractivity contribution in [2.24, 2.45) is 0 Å². The van der Waals surface area contributed by atoms with E-state index in [2.05, 4.69) is 5.32 Å². The molecule has 1 amide bonds. The molecule has 0 saturated heterocycles. The summed E-state index contributed by atoms with van der Waals surface area (Å²) in [6.07, 6.45) is 0.329. The highest BCUT2D eigenvalue weighted by molar-refractivity contribution is 6.30. The number of anilines is 1. The molecule has 0 spiro atoms. The normalized spacial score (nSPS) is 10.2. The number of hydrogen-bond donors (Lipinski definition) is 2. The first-order chi connectivity index (χ1) is 9.13. The van der Waals surface area contributed by atoms with E-state index in [4.69, 9.17) is 17.3 Å². The highest BCUT2D eigenvalue weighted by Crippen LogP contribution is 2.11. The van der Waals surface area contributed by atoms with Crippen molar-refractivity contribution in [3.05, 3.63) is 64.7 Å². The van der Waals surface area contributed by atoms with Crippen LogP contribution in [0.3, 0.4) is 0 Å². The zero-order valence-electron chi connectivity index (χ0n) is 10.4. The average molecular weight is 275 g/mol. The number of carbonyl (C=O) groups is 1. The molecule has 2 aromatic rings. The molecule has 2 rings (SSSR count). The predicted octanol–water partition coefficient (Wildman–Crippen LogP) is 2.78. The zero-order valence-corrected chi connectivity index (χ0v) is 11.2. The Hall–Kier alpha value is -2.00. The fourth-order valence-electron chi connectivity index (χ4n) is 1.73. The third-order valence-electron chi connectivity index (χ3n) is 2.72. The van der Waals surface area contributed by atoms with Gasteiger partial charge in [-0.15, -0.1) is 0 Å². The molecule has 0 heterocycles. The van der Waals surface area contributed by atoms with Gasteiger partial charge in [-0.1, -0.05) is 35.9 Å². The molecule has 0 atom stereocenters. The summed E-state index contributed by atoms with van der Waals surface area (Å²) in [7, 11) is 0. The van der Waals surface area contributed by atoms with Crippen LogP contribution in [0.1, 0.15) is 11.1 Å². The summed E-state index contributed by atoms with van der Waals surface area (Å²) in [6.45, 7) is 0.500. The lowest BCUT2D eigenvalue weighted by molar-refractivity contribution is -0.120. The summed E-state index contributed by atoms with van der Waals surface area (Å²) in [6, 6.07) is 14.7. The van der Waals surface area contributed by atoms with E-state index in [9.17, 15) is 4.79 Å². The second-order valence-electron chi connectivity index (χ2n) is 4.33. The monoisotopic (exact) mass is 274 g/mol. The molecule has 0 fully saturated rings. The van der Waals surface area contributed by atoms with Crippen molar-refractivity contribution in [1.29, 1.82) is 0 Å². The van der Waals surface area contributed by atoms with Crippen LogP contribution in [-0.4, -0.2) is 5.91 Å². The molecule has 0 aromatic heterocycles. The van der Waals surface area contributed by atoms with Crippen molar-refractivity contribution in [2.45, 2.75) is 13.0 Å². The Bertz CT molecular complexity index is 567. The topological polar surface area (TPSA) is 55.1 Å². The molecular formula is C15H15ClN2O. The predicted molar refractivity (Wildman–Crippen MR) is 77.9 cm³/mol. The minimum Gasteiger partial charge on any atom is -0.399 e. The Morgan fingerprint density at radius 2 is 1.84 bits per heavy atom. The Balaban J connectivity index is 1.86. The molecule has 0 unspecified atom stereocenters. The van der Waals surface area contributed by atoms with Gasteiger partial charge in [0.05, 0.1) is 6.42 Å². The number of carbonyl (C=O) groups excluding carboxylic acids is 1. The minimum atomic E-state index is -0.0286. The van der Waals surface area contributed by atoms with E-state index >= 15 is 0 Å². The minimum absolute atomic E-state index is 0.0286. The number of halogens is 1. The van der Waals surface area contributed by atoms with Gasteiger partial charge in [0.15, 0.2) is 0 Å². The number of hydrogen-bond acceptors (Lipinski definition) is 2. The quantitative estimate of drug-likeness (QED) is 0.843. The fourth-order valence-corrected chi connectivity index (χ4v) is 1.94. The van der Waals surface area contributed by atoms with Gasteiger partial charge in [-0.05, 0) is 35.4 Å². The maximum atomic E-state index is 11.8. The highest BCUT2D eigenvalue weighted by Gasteiger charge is 2.03. The van der Waals surface area contributed by atoms with Crippen LogP contribution in [-0.2, 0) is 17.8 Å². The van der Waals surface area contributed by atoms with Crippen molar-refractivity contribution >= 4 is 23.2 Å². The number of nitrogens with one attached hydrogen (secondary N) is 1. The lowest BCUT2D eigenvalue weighted by Gasteiger charge is -2.06. The summed E-state index contributed by atoms with van der Waals surface area (Å²) in [5, 5.41) is 3.51. The SMILES string of the molecule is Nc1ccc(CNC(=O)Cc2cccc(Cl)c2)cc1. The van der Waals surface area contributed by atoms with Crippen LogP contribution in [0.25, 0.3) is 0 Å². The van der Waals surface area contributed by atoms with Crippen LogP contribution in [0.4, 0.5) is 5.69 Å². The van der Waals surface area contributed by atoms with E-state index in [1.165, 1.54) is 0 Å². The molecule has 0 aliphatic carbocycles. The fraction of sp³-hybridized carbons (Fsp3) is 0.133. The van der Waals surface area contributed by atoms with E-state index < -0.39 is 0 Å². The molecule has 98 valence electrons. The van der Waals surface area contributed by atoms with E-state index in [0.29, 0.717) is 23.7 Å². The summed E-state index contributed by atoms with van der Waals surface area (Å²) in [5.74, 6) is -0.0286. The van der Waals surface area contributed by atoms with Gasteiger partial charge in [0, 0.05) is 17.3 Å². The molecule has 0 bridgehead atoms. The number of amides is 1. The Morgan fingerprint density at radius 1 is 1.11 bits per heavy atom. The Kier molecular flexibility index (Phi) is 4.42. The molecule has 19 heavy (non-hydrogen) atoms. The van der Waals surface area contributed by atoms with Gasteiger partial charge in [-0.3, -0.25) is 4.79 Å². The van der Waals surface area contributed by atoms with Gasteiger partial charge in [-0.25, -0.2) is 0 Å². The van der Waals surface area contributed by atoms with Gasteiger partial charge < -0.3 is 11.1 Å². The molecule has 0 radical (unpaired) electrons. The van der Waals surface area contributed by atoms with Gasteiger partial charge >= 0.3 is 0 Å². The largest absolute Gasteiger partial charge is 0.399 e. The number of rotatable bonds is 4. The molecule has 4 heteroatoms. The van der Waals surface area contributed by atoms with E-state index in [0.717, 1.165) is 11.1 Å². The lowest BCUT2D eigenvalue weighted by atomic mass is 10.1. The van der Waals surface area contributed by atoms with Crippen molar-refractivity contribution in [3.63, 3.8) is 0 Å². The maximum absolute atomic E-state index is 11.8. The maximum Gasteiger partial charge on any atom is 0.224 e. The van der Waals surface area contributed by atoms with Crippen molar-refractivity contribution in [3.8, 4) is 0 Å². The molecule has 3 N–H and O–H groups in total. The Labute approximate surface area is 117 Å². The second kappa shape index (κ2) is 6.25. The van der Waals surface area contributed by atoms with Crippen LogP contribution in [0.15, 0.2) is 48.5 Å². The zero-order chi connectivity index (χ0) is 13.7. The molecule has 0 saturated carbocycles. The highest BCUT2D eigenvalue weighted by atomic mass is 35.5. The van der Waals surface area contributed by atoms with Crippen LogP contribution in [0.2, 0.25) is 5.02 Å². The van der Waals surface area contributed by atoms with Gasteiger partial charge in [0.1, 0.15) is 0 Å². The van der Waals surface area contributed by atoms with Crippen molar-refractivity contribution in [2.75, 3.05) is 5.73 Å². The molecule has 0 aliphatic rings. The third kappa shape index (κ3) is 4.30. The summed E-state index contributed by atoms with van der Waals surface area (Å²) in [4.78, 5) is 11.8. The molecular weight excluding hydrogens is 260 g/mol. The third-order valence-corrected chi connectivity index (χ3v) is 2.96. The summed E-state index contributed by atoms with van der Waals surface area (Å²) in [5.41, 5.74) is 8.24. The second-order valence-corrected chi connectivity index (χ2v) is 4.76. The molecule has 0 aliphatic heterocycles. The van der Waals surface area contributed by atoms with Crippen LogP contribution >= 0.6 is 11.6 Å². The Morgan fingerprint density at radius 3 is 2.53 bits per heavy atom. The van der Waals surface area contributed by atoms with Crippen molar-refractivity contribution in [1.82, 2.24) is 5.32 Å². The first kappa shape index (κ1) is 13.4. The summed E-state index contributed by atoms with van der Waals surface area (Å²) >= 11 is 5.87. The van der Waals surface area contributed by atoms with Gasteiger partial charge in [0.2, 0.25) is 5.91 Å². The van der Waals surface area contributed by atoms with Crippen LogP contribution in [0.5, 0.6) is 0 Å². The molecule has 3 nitrogen and oxygen atoms in total. The van der Waals surface area contributed by atoms with Gasteiger partial charge in [-0.2, -0.15) is 0 Å².